The van der Waals surface area contributed by atoms with Crippen LogP contribution in [0.3, 0.4) is 0 Å². The van der Waals surface area contributed by atoms with E-state index in [1.165, 1.54) is 6.20 Å². The Bertz CT molecular complexity index is 1970. The van der Waals surface area contributed by atoms with Gasteiger partial charge in [-0.1, -0.05) is 5.57 Å². The van der Waals surface area contributed by atoms with Crippen LogP contribution in [0.1, 0.15) is 68.2 Å². The number of hydrogen-bond acceptors (Lipinski definition) is 13. The van der Waals surface area contributed by atoms with Gasteiger partial charge in [0.25, 0.3) is 0 Å². The molecule has 19 heteroatoms. The first-order valence-corrected chi connectivity index (χ1v) is 15.8. The summed E-state index contributed by atoms with van der Waals surface area (Å²) in [6.07, 6.45) is 0.311. The van der Waals surface area contributed by atoms with Crippen molar-refractivity contribution in [3.05, 3.63) is 68.5 Å². The molecule has 0 aromatic carbocycles. The Kier molecular flexibility index (Phi) is 14.0. The monoisotopic (exact) mass is 710 g/mol. The highest BCUT2D eigenvalue weighted by Crippen LogP contribution is 2.14. The summed E-state index contributed by atoms with van der Waals surface area (Å²) in [5.41, 5.74) is -7.39. The summed E-state index contributed by atoms with van der Waals surface area (Å²) in [6, 6.07) is 0. The van der Waals surface area contributed by atoms with Crippen molar-refractivity contribution < 1.29 is 33.7 Å². The van der Waals surface area contributed by atoms with E-state index in [9.17, 15) is 48.3 Å². The van der Waals surface area contributed by atoms with Gasteiger partial charge >= 0.3 is 52.0 Å². The molecule has 0 amide bonds. The molecule has 2 rings (SSSR count). The van der Waals surface area contributed by atoms with Gasteiger partial charge in [-0.25, -0.2) is 56.2 Å². The van der Waals surface area contributed by atoms with Crippen LogP contribution in [0, 0.1) is 5.41 Å². The fourth-order valence-corrected chi connectivity index (χ4v) is 4.33. The zero-order valence-corrected chi connectivity index (χ0v) is 29.7. The number of allylic oxidation sites excluding steroid dienone is 1. The third kappa shape index (κ3) is 11.0. The van der Waals surface area contributed by atoms with E-state index in [1.807, 2.05) is 0 Å². The van der Waals surface area contributed by atoms with Crippen molar-refractivity contribution in [1.29, 1.82) is 0 Å². The molecule has 2 aromatic heterocycles. The molecule has 2 aromatic rings. The molecule has 0 unspecified atom stereocenters. The van der Waals surface area contributed by atoms with E-state index in [0.717, 1.165) is 0 Å². The number of esters is 3. The Morgan fingerprint density at radius 1 is 0.600 bits per heavy atom. The van der Waals surface area contributed by atoms with Crippen LogP contribution in [0.25, 0.3) is 6.20 Å². The van der Waals surface area contributed by atoms with Gasteiger partial charge in [0.05, 0.1) is 44.5 Å². The van der Waals surface area contributed by atoms with Gasteiger partial charge in [0, 0.05) is 19.3 Å². The van der Waals surface area contributed by atoms with E-state index < -0.39 is 115 Å². The normalized spacial score (nSPS) is 11.6. The molecule has 0 fully saturated rings. The second-order valence-electron chi connectivity index (χ2n) is 13.4. The Labute approximate surface area is 285 Å². The zero-order valence-electron chi connectivity index (χ0n) is 29.7. The maximum absolute atomic E-state index is 13.2. The second-order valence-corrected chi connectivity index (χ2v) is 13.4. The van der Waals surface area contributed by atoms with Crippen molar-refractivity contribution in [2.45, 2.75) is 107 Å². The van der Waals surface area contributed by atoms with E-state index in [0.29, 0.717) is 33.0 Å². The molecule has 1 N–H and O–H groups in total. The number of rotatable bonds is 15. The van der Waals surface area contributed by atoms with Crippen LogP contribution in [0.2, 0.25) is 0 Å². The number of ether oxygens (including phenoxy) is 3. The number of nitrogens with zero attached hydrogens (tertiary/aromatic N) is 6. The predicted molar refractivity (Wildman–Crippen MR) is 178 cm³/mol. The highest BCUT2D eigenvalue weighted by atomic mass is 16.6. The maximum Gasteiger partial charge on any atom is 0.340 e. The van der Waals surface area contributed by atoms with Crippen molar-refractivity contribution in [2.75, 3.05) is 19.8 Å². The lowest BCUT2D eigenvalue weighted by atomic mass is 9.97. The third-order valence-corrected chi connectivity index (χ3v) is 6.67. The predicted octanol–water partition coefficient (Wildman–Crippen LogP) is -1.52. The summed E-state index contributed by atoms with van der Waals surface area (Å²) < 4.78 is 19.3. The lowest BCUT2D eigenvalue weighted by molar-refractivity contribution is -0.155. The topological polar surface area (TPSA) is 231 Å². The van der Waals surface area contributed by atoms with Crippen LogP contribution >= 0.6 is 0 Å². The molecule has 0 radical (unpaired) electrons. The van der Waals surface area contributed by atoms with Crippen LogP contribution < -0.4 is 34.1 Å². The van der Waals surface area contributed by atoms with Crippen molar-refractivity contribution in [3.8, 4) is 0 Å². The minimum absolute atomic E-state index is 0.351. The first-order chi connectivity index (χ1) is 23.1. The lowest BCUT2D eigenvalue weighted by Gasteiger charge is -2.19. The lowest BCUT2D eigenvalue weighted by Crippen LogP contribution is -2.55. The quantitative estimate of drug-likeness (QED) is 0.164. The molecule has 0 saturated carbocycles. The van der Waals surface area contributed by atoms with Crippen molar-refractivity contribution in [2.24, 2.45) is 5.41 Å². The molecule has 0 bridgehead atoms. The Morgan fingerprint density at radius 3 is 1.40 bits per heavy atom. The Balaban J connectivity index is 2.27. The van der Waals surface area contributed by atoms with Gasteiger partial charge in [-0.2, -0.15) is 0 Å². The maximum atomic E-state index is 13.2. The van der Waals surface area contributed by atoms with Crippen LogP contribution in [-0.2, 0) is 61.3 Å². The minimum Gasteiger partial charge on any atom is -0.464 e. The largest absolute Gasteiger partial charge is 0.464 e. The van der Waals surface area contributed by atoms with Gasteiger partial charge in [0.1, 0.15) is 18.8 Å². The Hall–Kier alpha value is -5.07. The van der Waals surface area contributed by atoms with Gasteiger partial charge in [-0.15, -0.1) is 0 Å². The van der Waals surface area contributed by atoms with Gasteiger partial charge < -0.3 is 19.3 Å². The zero-order chi connectivity index (χ0) is 38.1. The van der Waals surface area contributed by atoms with E-state index in [4.69, 9.17) is 14.2 Å². The first kappa shape index (κ1) is 41.1. The molecule has 0 saturated heterocycles. The van der Waals surface area contributed by atoms with Gasteiger partial charge in [0.2, 0.25) is 0 Å². The van der Waals surface area contributed by atoms with Crippen LogP contribution in [0.4, 0.5) is 0 Å². The molecule has 0 aliphatic rings. The van der Waals surface area contributed by atoms with Gasteiger partial charge in [-0.05, 0) is 55.4 Å². The fourth-order valence-electron chi connectivity index (χ4n) is 4.33. The smallest absolute Gasteiger partial charge is 0.340 e. The molecule has 0 aliphatic heterocycles. The molecule has 19 nitrogen and oxygen atoms in total. The summed E-state index contributed by atoms with van der Waals surface area (Å²) in [5, 5.41) is 9.36. The standard InChI is InChI=1S/C31H46N6O13/c1-20(2)19-37-28(46)32(24(42)33(29(37)47)12-10-22(40)50-31(6,7)8)11-9-21(39)48-17-14-35-25(43)34(13-16-38)26(44)36(27(35)45)15-18-49-23(41)30(3,4)5/h19,38H,9-18H2,1-8H3. The molecule has 0 aliphatic carbocycles. The highest BCUT2D eigenvalue weighted by molar-refractivity contribution is 5.75. The van der Waals surface area contributed by atoms with E-state index in [1.54, 1.807) is 55.4 Å². The molecular weight excluding hydrogens is 664 g/mol. The van der Waals surface area contributed by atoms with Crippen molar-refractivity contribution in [1.82, 2.24) is 27.4 Å². The van der Waals surface area contributed by atoms with Crippen LogP contribution in [0.5, 0.6) is 0 Å². The van der Waals surface area contributed by atoms with Crippen LogP contribution in [-0.4, -0.2) is 75.8 Å². The van der Waals surface area contributed by atoms with E-state index >= 15 is 0 Å². The summed E-state index contributed by atoms with van der Waals surface area (Å²) in [5.74, 6) is -2.21. The number of hydrogen-bond donors (Lipinski definition) is 1. The van der Waals surface area contributed by atoms with Crippen LogP contribution in [0.15, 0.2) is 34.3 Å². The average molecular weight is 711 g/mol. The van der Waals surface area contributed by atoms with E-state index in [2.05, 4.69) is 0 Å². The summed E-state index contributed by atoms with van der Waals surface area (Å²) in [4.78, 5) is 115. The third-order valence-electron chi connectivity index (χ3n) is 6.67. The summed E-state index contributed by atoms with van der Waals surface area (Å²) in [6.45, 7) is 9.22. The first-order valence-electron chi connectivity index (χ1n) is 15.8. The number of carbonyl (C=O) groups excluding carboxylic acids is 3. The average Bonchev–Trinajstić information content (AvgIpc) is 2.99. The number of carbonyl (C=O) groups is 3. The van der Waals surface area contributed by atoms with Crippen molar-refractivity contribution in [3.63, 3.8) is 0 Å². The molecule has 2 heterocycles. The number of aromatic nitrogens is 6. The van der Waals surface area contributed by atoms with Gasteiger partial charge in [0.15, 0.2) is 0 Å². The highest BCUT2D eigenvalue weighted by Gasteiger charge is 2.24. The van der Waals surface area contributed by atoms with Gasteiger partial charge in [-0.3, -0.25) is 14.4 Å². The molecule has 278 valence electrons. The molecular formula is C31H46N6O13. The Morgan fingerprint density at radius 2 is 1.00 bits per heavy atom. The molecule has 0 atom stereocenters. The van der Waals surface area contributed by atoms with Crippen molar-refractivity contribution >= 4 is 24.1 Å². The fraction of sp³-hybridized carbons (Fsp3) is 0.645. The second kappa shape index (κ2) is 17.0. The number of aliphatic hydroxyl groups excluding tert-OH is 1. The van der Waals surface area contributed by atoms with E-state index in [-0.39, 0.29) is 13.0 Å². The summed E-state index contributed by atoms with van der Waals surface area (Å²) >= 11 is 0. The number of aliphatic hydroxyl groups is 1. The summed E-state index contributed by atoms with van der Waals surface area (Å²) in [7, 11) is 0. The minimum atomic E-state index is -1.08. The molecule has 50 heavy (non-hydrogen) atoms. The SMILES string of the molecule is CC(C)=Cn1c(=O)n(CCC(=O)OCCn2c(=O)n(CCO)c(=O)n(CCOC(=O)C(C)(C)C)c2=O)c(=O)n(CCC(=O)OC(C)(C)C)c1=O. The molecule has 0 spiro atoms.